The number of nitrogens with zero attached hydrogens (tertiary/aromatic N) is 4. The van der Waals surface area contributed by atoms with Crippen LogP contribution in [0.15, 0.2) is 24.8 Å². The minimum absolute atomic E-state index is 0.0114. The second-order valence-electron chi connectivity index (χ2n) is 20.0. The Balaban J connectivity index is 0.993. The van der Waals surface area contributed by atoms with Gasteiger partial charge in [0.1, 0.15) is 42.4 Å². The van der Waals surface area contributed by atoms with Gasteiger partial charge in [-0.25, -0.2) is 28.6 Å². The van der Waals surface area contributed by atoms with Gasteiger partial charge in [-0.05, 0) is 39.2 Å². The number of nitrogens with two attached hydrogens (primary N) is 1. The zero-order valence-corrected chi connectivity index (χ0v) is 47.9. The van der Waals surface area contributed by atoms with Crippen LogP contribution in [0.5, 0.6) is 0 Å². The summed E-state index contributed by atoms with van der Waals surface area (Å²) < 4.78 is 74.0. The number of nitrogen functional groups attached to an aromatic ring is 1. The van der Waals surface area contributed by atoms with Crippen molar-refractivity contribution < 1.29 is 100 Å². The minimum atomic E-state index is -5.59. The fourth-order valence-corrected chi connectivity index (χ4v) is 11.8. The van der Waals surface area contributed by atoms with Crippen molar-refractivity contribution in [3.63, 3.8) is 0 Å². The number of hydrogen-bond acceptors (Lipinski definition) is 22. The Morgan fingerprint density at radius 3 is 2.17 bits per heavy atom. The van der Waals surface area contributed by atoms with Gasteiger partial charge in [0.05, 0.1) is 37.9 Å². The number of thioether (sulfide) groups is 1. The van der Waals surface area contributed by atoms with Gasteiger partial charge in [0, 0.05) is 37.1 Å². The third-order valence-electron chi connectivity index (χ3n) is 12.8. The Hall–Kier alpha value is -2.86. The molecule has 2 aliphatic rings. The maximum Gasteiger partial charge on any atom is 0.481 e. The molecule has 0 aromatic carbocycles. The first kappa shape index (κ1) is 67.6. The molecule has 4 rings (SSSR count). The Morgan fingerprint density at radius 1 is 0.885 bits per heavy atom. The van der Waals surface area contributed by atoms with E-state index in [1.165, 1.54) is 64.9 Å². The molecule has 4 heterocycles. The predicted molar refractivity (Wildman–Crippen MR) is 282 cm³/mol. The summed E-state index contributed by atoms with van der Waals surface area (Å²) >= 11 is 1.05. The van der Waals surface area contributed by atoms with Gasteiger partial charge < -0.3 is 70.6 Å². The number of aromatic nitrogens is 4. The van der Waals surface area contributed by atoms with Crippen molar-refractivity contribution in [3.05, 3.63) is 24.8 Å². The van der Waals surface area contributed by atoms with Crippen LogP contribution in [0, 0.1) is 5.41 Å². The first-order chi connectivity index (χ1) is 36.7. The zero-order chi connectivity index (χ0) is 57.7. The molecule has 2 aliphatic heterocycles. The molecule has 2 fully saturated rings. The Kier molecular flexibility index (Phi) is 28.4. The average Bonchev–Trinajstić information content (AvgIpc) is 3.99. The number of aliphatic hydroxyl groups is 4. The van der Waals surface area contributed by atoms with Crippen LogP contribution in [0.4, 0.5) is 5.82 Å². The Bertz CT molecular complexity index is 2370. The third kappa shape index (κ3) is 23.9. The van der Waals surface area contributed by atoms with E-state index in [0.717, 1.165) is 73.9 Å². The van der Waals surface area contributed by atoms with Crippen LogP contribution in [0.25, 0.3) is 11.2 Å². The molecule has 0 aliphatic carbocycles. The molecule has 28 nitrogen and oxygen atoms in total. The number of anilines is 1. The number of phosphoric acid groups is 3. The lowest BCUT2D eigenvalue weighted by molar-refractivity contribution is -0.273. The number of hydrogen-bond donors (Lipinski definition) is 11. The molecule has 0 bridgehead atoms. The summed E-state index contributed by atoms with van der Waals surface area (Å²) in [6.07, 6.45) is 9.89. The molecule has 2 amide bonds. The van der Waals surface area contributed by atoms with E-state index in [9.17, 15) is 68.1 Å². The minimum Gasteiger partial charge on any atom is -0.390 e. The summed E-state index contributed by atoms with van der Waals surface area (Å²) in [5, 5.41) is 46.4. The number of phosphoric ester groups is 3. The second kappa shape index (κ2) is 32.7. The van der Waals surface area contributed by atoms with Crippen LogP contribution >= 0.6 is 35.2 Å². The number of aliphatic hydroxyl groups excluding tert-OH is 4. The molecule has 12 N–H and O–H groups in total. The maximum atomic E-state index is 12.8. The van der Waals surface area contributed by atoms with Crippen molar-refractivity contribution in [3.8, 4) is 0 Å². The number of carbonyl (C=O) groups excluding carboxylic acids is 3. The van der Waals surface area contributed by atoms with Gasteiger partial charge in [0.15, 0.2) is 24.0 Å². The number of allylic oxidation sites excluding steroid dienone is 1. The smallest absolute Gasteiger partial charge is 0.390 e. The molecule has 12 atom stereocenters. The number of rotatable bonds is 37. The number of unbranched alkanes of at least 4 members (excludes halogenated alkanes) is 12. The lowest BCUT2D eigenvalue weighted by atomic mass is 9.87. The molecule has 2 aromatic rings. The third-order valence-corrected chi connectivity index (χ3v) is 16.7. The highest BCUT2D eigenvalue weighted by Crippen LogP contribution is 2.61. The van der Waals surface area contributed by atoms with Crippen LogP contribution in [0.3, 0.4) is 0 Å². The van der Waals surface area contributed by atoms with Crippen LogP contribution in [0.2, 0.25) is 0 Å². The van der Waals surface area contributed by atoms with Crippen molar-refractivity contribution in [1.29, 1.82) is 0 Å². The number of amides is 2. The lowest BCUT2D eigenvalue weighted by Crippen LogP contribution is -2.48. The fraction of sp³-hybridized carbons (Fsp3) is 0.783. The van der Waals surface area contributed by atoms with Crippen molar-refractivity contribution in [1.82, 2.24) is 30.2 Å². The molecular formula is C46H80N7O21P3S. The number of ether oxygens (including phenoxy) is 3. The highest BCUT2D eigenvalue weighted by Gasteiger charge is 2.50. The number of fused-ring (bicyclic) bond motifs is 1. The van der Waals surface area contributed by atoms with Crippen molar-refractivity contribution in [2.45, 2.75) is 192 Å². The quantitative estimate of drug-likeness (QED) is 0.0259. The monoisotopic (exact) mass is 1190 g/mol. The topological polar surface area (TPSA) is 423 Å². The van der Waals surface area contributed by atoms with E-state index < -0.39 is 103 Å². The molecule has 32 heteroatoms. The average molecular weight is 1190 g/mol. The van der Waals surface area contributed by atoms with E-state index in [1.54, 1.807) is 6.92 Å². The molecule has 0 radical (unpaired) electrons. The zero-order valence-electron chi connectivity index (χ0n) is 44.4. The molecule has 2 unspecified atom stereocenters. The van der Waals surface area contributed by atoms with E-state index in [2.05, 4.69) is 34.4 Å². The Labute approximate surface area is 457 Å². The highest BCUT2D eigenvalue weighted by atomic mass is 32.2. The molecular weight excluding hydrogens is 1110 g/mol. The SMILES string of the molecule is C[C@H](CCCCCCCCCCCCCC/C=C/C(=O)SCCNC(=O)CCNC(=O)[C@H](O)C(C)(C)COP(=O)(O)OP(=O)(O)OC[C@H]1O[C@@H](n2cnc3c(N)ncnc32)[C@H](O)[C@@H]1OP(=O)(O)O)O[C@@H]1O[C@@H](C)[C@H](O)C[C@H]1O. The van der Waals surface area contributed by atoms with Crippen LogP contribution in [-0.2, 0) is 60.2 Å². The van der Waals surface area contributed by atoms with E-state index in [1.807, 2.05) is 13.0 Å². The molecule has 78 heavy (non-hydrogen) atoms. The highest BCUT2D eigenvalue weighted by molar-refractivity contribution is 8.14. The van der Waals surface area contributed by atoms with Crippen LogP contribution in [0.1, 0.15) is 137 Å². The Morgan fingerprint density at radius 2 is 1.51 bits per heavy atom. The normalized spacial score (nSPS) is 24.5. The van der Waals surface area contributed by atoms with Crippen molar-refractivity contribution in [2.24, 2.45) is 5.41 Å². The molecule has 0 spiro atoms. The molecule has 2 saturated heterocycles. The summed E-state index contributed by atoms with van der Waals surface area (Å²) in [6.45, 7) is 4.24. The first-order valence-electron chi connectivity index (χ1n) is 26.1. The van der Waals surface area contributed by atoms with Gasteiger partial charge in [0.2, 0.25) is 16.9 Å². The van der Waals surface area contributed by atoms with Gasteiger partial charge in [-0.3, -0.25) is 32.5 Å². The molecule has 446 valence electrons. The summed E-state index contributed by atoms with van der Waals surface area (Å²) in [4.78, 5) is 88.6. The maximum absolute atomic E-state index is 12.8. The van der Waals surface area contributed by atoms with E-state index >= 15 is 0 Å². The van der Waals surface area contributed by atoms with E-state index in [4.69, 9.17) is 29.0 Å². The summed E-state index contributed by atoms with van der Waals surface area (Å²) in [7, 11) is -16.5. The summed E-state index contributed by atoms with van der Waals surface area (Å²) in [6, 6.07) is 0. The second-order valence-corrected chi connectivity index (χ2v) is 25.3. The van der Waals surface area contributed by atoms with Gasteiger partial charge in [-0.15, -0.1) is 0 Å². The van der Waals surface area contributed by atoms with Crippen LogP contribution in [-0.4, -0.2) is 164 Å². The van der Waals surface area contributed by atoms with E-state index in [0.29, 0.717) is 5.75 Å². The van der Waals surface area contributed by atoms with Crippen molar-refractivity contribution >= 4 is 69.1 Å². The van der Waals surface area contributed by atoms with E-state index in [-0.39, 0.29) is 60.2 Å². The molecule has 2 aromatic heterocycles. The molecule has 0 saturated carbocycles. The standard InChI is InChI=1S/C46H80N7O21P3S/c1-30(70-45-33(55)25-32(54)31(2)71-45)19-17-15-13-11-9-7-5-6-8-10-12-14-16-18-20-36(57)78-24-23-48-35(56)21-22-49-43(60)40(59)46(3,4)27-69-77(66,67)74-76(64,65)68-26-34-39(73-75(61,62)63)38(58)44(72-34)53-29-52-37-41(47)50-28-51-42(37)53/h18,20,28-34,38-40,44-45,54-55,58-59H,5-17,19,21-27H2,1-4H3,(H,48,56)(H,49,60)(H,64,65)(H,66,67)(H2,47,50,51)(H2,61,62,63)/b20-18+/t30-,31+,32-,33-,34-,38-,39-,40+,44-,45-/m1/s1. The number of imidazole rings is 1. The van der Waals surface area contributed by atoms with Gasteiger partial charge in [0.25, 0.3) is 0 Å². The number of nitrogens with one attached hydrogen (secondary N) is 2. The lowest BCUT2D eigenvalue weighted by Gasteiger charge is -2.36. The fourth-order valence-electron chi connectivity index (χ4n) is 8.33. The first-order valence-corrected chi connectivity index (χ1v) is 31.6. The summed E-state index contributed by atoms with van der Waals surface area (Å²) in [5.74, 6) is -1.15. The summed E-state index contributed by atoms with van der Waals surface area (Å²) in [5.41, 5.74) is 4.26. The largest absolute Gasteiger partial charge is 0.481 e. The van der Waals surface area contributed by atoms with Crippen molar-refractivity contribution in [2.75, 3.05) is 37.8 Å². The number of carbonyl (C=O) groups is 3. The predicted octanol–water partition coefficient (Wildman–Crippen LogP) is 3.94. The van der Waals surface area contributed by atoms with Gasteiger partial charge in [-0.1, -0.05) is 102 Å². The van der Waals surface area contributed by atoms with Gasteiger partial charge >= 0.3 is 23.5 Å². The van der Waals surface area contributed by atoms with Gasteiger partial charge in [-0.2, -0.15) is 4.31 Å². The van der Waals surface area contributed by atoms with Crippen LogP contribution < -0.4 is 16.4 Å².